The Kier molecular flexibility index (Phi) is 2.50. The molecule has 1 heterocycles. The fourth-order valence-electron chi connectivity index (χ4n) is 3.36. The van der Waals surface area contributed by atoms with Crippen molar-refractivity contribution in [1.29, 1.82) is 0 Å². The second-order valence-electron chi connectivity index (χ2n) is 8.31. The van der Waals surface area contributed by atoms with Gasteiger partial charge in [-0.05, 0) is 81.5 Å². The number of hydrogen-bond acceptors (Lipinski definition) is 2. The van der Waals surface area contributed by atoms with Crippen molar-refractivity contribution in [3.05, 3.63) is 115 Å². The molecule has 0 aliphatic carbocycles. The minimum Gasteiger partial charge on any atom is -0.399 e. The Balaban J connectivity index is 2.30. The average molecular weight is 486 g/mol. The van der Waals surface area contributed by atoms with Crippen LogP contribution in [0.3, 0.4) is 0 Å². The molecule has 4 heteroatoms. The molecule has 4 aromatic rings. The van der Waals surface area contributed by atoms with Gasteiger partial charge in [0, 0.05) is 19.6 Å². The maximum Gasteiger partial charge on any atom is 0.494 e. The fourth-order valence-corrected chi connectivity index (χ4v) is 6.28. The van der Waals surface area contributed by atoms with E-state index in [4.69, 9.17) is 32.6 Å². The third-order valence-electron chi connectivity index (χ3n) is 5.77. The summed E-state index contributed by atoms with van der Waals surface area (Å²) in [7, 11) is -6.51. The second kappa shape index (κ2) is 8.77. The van der Waals surface area contributed by atoms with Gasteiger partial charge in [0.05, 0.1) is 37.2 Å². The Hall–Kier alpha value is -2.79. The molecule has 1 aliphatic heterocycles. The molecule has 1 aliphatic rings. The summed E-state index contributed by atoms with van der Waals surface area (Å²) in [6, 6.07) is -19.5. The van der Waals surface area contributed by atoms with Crippen molar-refractivity contribution < 1.29 is 35.4 Å². The molecule has 0 aromatic heterocycles. The van der Waals surface area contributed by atoms with Crippen molar-refractivity contribution in [3.63, 3.8) is 0 Å². The van der Waals surface area contributed by atoms with Crippen LogP contribution in [0.5, 0.6) is 0 Å². The minimum atomic E-state index is -4.88. The van der Waals surface area contributed by atoms with Gasteiger partial charge in [-0.2, -0.15) is 0 Å². The summed E-state index contributed by atoms with van der Waals surface area (Å²) in [6.45, 7) is 6.57. The van der Waals surface area contributed by atoms with E-state index in [9.17, 15) is 2.74 Å². The van der Waals surface area contributed by atoms with Gasteiger partial charge in [0.25, 0.3) is 0 Å². The largest absolute Gasteiger partial charge is 0.494 e. The smallest absolute Gasteiger partial charge is 0.399 e. The molecule has 1 saturated heterocycles. The maximum atomic E-state index is 9.70. The van der Waals surface area contributed by atoms with Crippen molar-refractivity contribution in [3.8, 4) is 0 Å². The normalized spacial score (nSPS) is 25.3. The van der Waals surface area contributed by atoms with Gasteiger partial charge in [-0.25, -0.2) is 0 Å². The van der Waals surface area contributed by atoms with Gasteiger partial charge >= 0.3 is 7.12 Å². The molecule has 0 bridgehead atoms. The molecule has 0 atom stereocenters. The topological polar surface area (TPSA) is 18.5 Å². The average Bonchev–Trinajstić information content (AvgIpc) is 3.30. The van der Waals surface area contributed by atoms with Crippen LogP contribution < -0.4 is 5.46 Å². The fraction of sp³-hybridized carbons (Fsp3) is 0.200. The summed E-state index contributed by atoms with van der Waals surface area (Å²) >= 11 is 0. The zero-order valence-electron chi connectivity index (χ0n) is 37.8. The lowest BCUT2D eigenvalue weighted by atomic mass is 9.79. The monoisotopic (exact) mass is 485 g/mol. The summed E-state index contributed by atoms with van der Waals surface area (Å²) in [5.41, 5.74) is -2.77. The SMILES string of the molecule is [2H]c1c([2H])c([2H])c(S(c2c([2H])c([2H])c([2H])c([2H])c2[2H])(c2c([2H])c([2H])c([2H])c([2H])c2[2H])c2c([2H])c([2H])c([2H])c(B3OC(C)(C)C(C)(C)O3)c2[2H])c([2H])c1[2H]. The van der Waals surface area contributed by atoms with Crippen LogP contribution in [-0.4, -0.2) is 18.3 Å². The first-order valence-corrected chi connectivity index (χ1v) is 11.9. The van der Waals surface area contributed by atoms with Crippen molar-refractivity contribution in [2.24, 2.45) is 0 Å². The Morgan fingerprint density at radius 2 is 0.941 bits per heavy atom. The lowest BCUT2D eigenvalue weighted by molar-refractivity contribution is 0.00578. The van der Waals surface area contributed by atoms with E-state index in [0.717, 1.165) is 0 Å². The first kappa shape index (κ1) is 9.70. The Labute approximate surface area is 232 Å². The van der Waals surface area contributed by atoms with E-state index in [-0.39, 0.29) is 0 Å². The standard InChI is InChI=1S/C30H31BO2S/c1-29(2)30(3,4)33-31(32-29)24-15-14-22-28(23-24)34(25-16-8-5-9-17-25,26-18-10-6-11-19-26)27-20-12-7-13-21-27/h5-23H,1-4H3/i5D,6D,7D,8D,9D,10D,11D,12D,13D,14D,15D,16D,17D,18D,19D,20D,21D,22D,23D. The molecular weight excluding hydrogens is 435 g/mol. The highest BCUT2D eigenvalue weighted by molar-refractivity contribution is 8.34. The highest BCUT2D eigenvalue weighted by atomic mass is 32.3. The van der Waals surface area contributed by atoms with E-state index >= 15 is 0 Å². The molecule has 4 aromatic carbocycles. The zero-order valence-corrected chi connectivity index (χ0v) is 19.6. The van der Waals surface area contributed by atoms with Crippen molar-refractivity contribution >= 4 is 22.6 Å². The number of benzene rings is 4. The van der Waals surface area contributed by atoms with Crippen LogP contribution in [0.15, 0.2) is 134 Å². The Morgan fingerprint density at radius 1 is 0.559 bits per heavy atom. The zero-order chi connectivity index (χ0) is 40.3. The predicted molar refractivity (Wildman–Crippen MR) is 142 cm³/mol. The third-order valence-corrected chi connectivity index (χ3v) is 9.03. The van der Waals surface area contributed by atoms with Gasteiger partial charge < -0.3 is 9.31 Å². The number of hydrogen-bond donors (Lipinski definition) is 0. The van der Waals surface area contributed by atoms with Crippen LogP contribution in [0.1, 0.15) is 53.7 Å². The first-order chi connectivity index (χ1) is 24.2. The van der Waals surface area contributed by atoms with Crippen LogP contribution in [0.4, 0.5) is 0 Å². The lowest BCUT2D eigenvalue weighted by Gasteiger charge is -2.42. The summed E-state index contributed by atoms with van der Waals surface area (Å²) < 4.78 is 181. The molecule has 5 rings (SSSR count). The summed E-state index contributed by atoms with van der Waals surface area (Å²) in [6.07, 6.45) is 0. The predicted octanol–water partition coefficient (Wildman–Crippen LogP) is 7.33. The molecule has 34 heavy (non-hydrogen) atoms. The third kappa shape index (κ3) is 3.80. The van der Waals surface area contributed by atoms with Crippen molar-refractivity contribution in [2.75, 3.05) is 0 Å². The van der Waals surface area contributed by atoms with Gasteiger partial charge in [-0.15, -0.1) is 10.0 Å². The quantitative estimate of drug-likeness (QED) is 0.276. The first-order valence-electron chi connectivity index (χ1n) is 19.7. The lowest BCUT2D eigenvalue weighted by Crippen LogP contribution is -2.41. The van der Waals surface area contributed by atoms with Crippen LogP contribution in [0.2, 0.25) is 0 Å². The summed E-state index contributed by atoms with van der Waals surface area (Å²) in [5.74, 6) is 0. The molecular formula is C30H31BO2S. The van der Waals surface area contributed by atoms with Gasteiger partial charge in [0.1, 0.15) is 0 Å². The maximum absolute atomic E-state index is 9.70. The summed E-state index contributed by atoms with van der Waals surface area (Å²) in [4.78, 5) is -3.84. The molecule has 0 radical (unpaired) electrons. The molecule has 1 fully saturated rings. The molecule has 0 amide bonds. The Bertz CT molecular complexity index is 2010. The van der Waals surface area contributed by atoms with Crippen LogP contribution in [-0.2, 0) is 9.31 Å². The van der Waals surface area contributed by atoms with E-state index in [1.807, 2.05) is 0 Å². The van der Waals surface area contributed by atoms with Gasteiger partial charge in [-0.3, -0.25) is 0 Å². The number of rotatable bonds is 5. The molecule has 0 saturated carbocycles. The van der Waals surface area contributed by atoms with E-state index in [1.165, 1.54) is 0 Å². The Morgan fingerprint density at radius 3 is 1.35 bits per heavy atom. The minimum absolute atomic E-state index is 0.538. The van der Waals surface area contributed by atoms with Crippen molar-refractivity contribution in [2.45, 2.75) is 58.5 Å². The van der Waals surface area contributed by atoms with E-state index in [0.29, 0.717) is 0 Å². The van der Waals surface area contributed by atoms with Gasteiger partial charge in [0.2, 0.25) is 0 Å². The molecule has 0 unspecified atom stereocenters. The van der Waals surface area contributed by atoms with Gasteiger partial charge in [0.15, 0.2) is 0 Å². The highest BCUT2D eigenvalue weighted by Crippen LogP contribution is 2.73. The molecule has 2 nitrogen and oxygen atoms in total. The van der Waals surface area contributed by atoms with E-state index in [2.05, 4.69) is 0 Å². The molecule has 172 valence electrons. The van der Waals surface area contributed by atoms with Gasteiger partial charge in [-0.1, -0.05) is 66.5 Å². The summed E-state index contributed by atoms with van der Waals surface area (Å²) in [5, 5.41) is 0. The molecule has 0 spiro atoms. The van der Waals surface area contributed by atoms with Crippen LogP contribution in [0.25, 0.3) is 0 Å². The highest BCUT2D eigenvalue weighted by Gasteiger charge is 2.52. The van der Waals surface area contributed by atoms with Crippen LogP contribution >= 0.6 is 10.0 Å². The van der Waals surface area contributed by atoms with E-state index < -0.39 is 168 Å². The van der Waals surface area contributed by atoms with Crippen molar-refractivity contribution in [1.82, 2.24) is 0 Å². The molecule has 0 N–H and O–H groups in total. The second-order valence-corrected chi connectivity index (χ2v) is 11.2. The van der Waals surface area contributed by atoms with Crippen LogP contribution in [0, 0.1) is 0 Å². The van der Waals surface area contributed by atoms with E-state index in [1.54, 1.807) is 27.7 Å².